The van der Waals surface area contributed by atoms with Crippen LogP contribution in [-0.4, -0.2) is 16.7 Å². The molecule has 4 nitrogen and oxygen atoms in total. The van der Waals surface area contributed by atoms with Gasteiger partial charge < -0.3 is 9.73 Å². The largest absolute Gasteiger partial charge is 0.423 e. The molecular formula is C11H21N3O. The Kier molecular flexibility index (Phi) is 4.27. The van der Waals surface area contributed by atoms with Crippen molar-refractivity contribution in [2.24, 2.45) is 5.92 Å². The molecule has 4 heteroatoms. The summed E-state index contributed by atoms with van der Waals surface area (Å²) in [5.41, 5.74) is 0. The molecule has 2 atom stereocenters. The lowest BCUT2D eigenvalue weighted by Crippen LogP contribution is -2.17. The normalized spacial score (nSPS) is 15.6. The minimum atomic E-state index is 0.135. The molecule has 0 saturated heterocycles. The summed E-state index contributed by atoms with van der Waals surface area (Å²) < 4.78 is 5.64. The quantitative estimate of drug-likeness (QED) is 0.813. The summed E-state index contributed by atoms with van der Waals surface area (Å²) in [4.78, 5) is 0. The summed E-state index contributed by atoms with van der Waals surface area (Å²) in [6.45, 7) is 11.4. The Morgan fingerprint density at radius 2 is 1.73 bits per heavy atom. The van der Waals surface area contributed by atoms with E-state index in [0.717, 1.165) is 12.4 Å². The van der Waals surface area contributed by atoms with Crippen molar-refractivity contribution in [3.63, 3.8) is 0 Å². The molecule has 0 radical (unpaired) electrons. The van der Waals surface area contributed by atoms with E-state index in [1.807, 2.05) is 6.92 Å². The first-order valence-electron chi connectivity index (χ1n) is 5.62. The van der Waals surface area contributed by atoms with Crippen LogP contribution in [-0.2, 0) is 0 Å². The first kappa shape index (κ1) is 12.2. The fraction of sp³-hybridized carbons (Fsp3) is 0.818. The van der Waals surface area contributed by atoms with Crippen LogP contribution in [0.3, 0.4) is 0 Å². The van der Waals surface area contributed by atoms with Crippen LogP contribution in [0.2, 0.25) is 0 Å². The molecule has 0 aromatic carbocycles. The number of hydrogen-bond acceptors (Lipinski definition) is 4. The minimum absolute atomic E-state index is 0.135. The van der Waals surface area contributed by atoms with Gasteiger partial charge in [-0.2, -0.15) is 0 Å². The predicted octanol–water partition coefficient (Wildman–Crippen LogP) is 2.50. The van der Waals surface area contributed by atoms with E-state index in [4.69, 9.17) is 4.42 Å². The monoisotopic (exact) mass is 211 g/mol. The van der Waals surface area contributed by atoms with Crippen LogP contribution in [0.4, 0.5) is 0 Å². The Labute approximate surface area is 91.5 Å². The summed E-state index contributed by atoms with van der Waals surface area (Å²) in [5, 5.41) is 11.4. The Balaban J connectivity index is 2.71. The van der Waals surface area contributed by atoms with E-state index in [-0.39, 0.29) is 6.04 Å². The number of nitrogens with zero attached hydrogens (tertiary/aromatic N) is 2. The molecule has 0 amide bonds. The molecule has 1 heterocycles. The van der Waals surface area contributed by atoms with Gasteiger partial charge in [0.25, 0.3) is 0 Å². The van der Waals surface area contributed by atoms with Gasteiger partial charge in [-0.1, -0.05) is 27.7 Å². The molecule has 1 aromatic rings. The highest BCUT2D eigenvalue weighted by molar-refractivity contribution is 4.93. The lowest BCUT2D eigenvalue weighted by atomic mass is 9.98. The summed E-state index contributed by atoms with van der Waals surface area (Å²) >= 11 is 0. The van der Waals surface area contributed by atoms with Gasteiger partial charge in [0.05, 0.1) is 6.04 Å². The third-order valence-corrected chi connectivity index (χ3v) is 2.73. The van der Waals surface area contributed by atoms with Crippen LogP contribution >= 0.6 is 0 Å². The Bertz CT molecular complexity index is 296. The van der Waals surface area contributed by atoms with Gasteiger partial charge in [-0.05, 0) is 19.4 Å². The summed E-state index contributed by atoms with van der Waals surface area (Å²) in [5.74, 6) is 2.26. The molecule has 0 bridgehead atoms. The van der Waals surface area contributed by atoms with Crippen molar-refractivity contribution in [2.45, 2.75) is 46.6 Å². The van der Waals surface area contributed by atoms with Gasteiger partial charge in [0, 0.05) is 5.92 Å². The summed E-state index contributed by atoms with van der Waals surface area (Å²) in [6, 6.07) is 0.135. The van der Waals surface area contributed by atoms with E-state index >= 15 is 0 Å². The standard InChI is InChI=1S/C11H21N3O/c1-6-12-9(5)11-14-13-10(15-11)8(4)7(2)3/h7-9,12H,6H2,1-5H3. The number of aromatic nitrogens is 2. The fourth-order valence-electron chi connectivity index (χ4n) is 1.28. The van der Waals surface area contributed by atoms with Crippen molar-refractivity contribution in [1.29, 1.82) is 0 Å². The predicted molar refractivity (Wildman–Crippen MR) is 59.6 cm³/mol. The van der Waals surface area contributed by atoms with E-state index in [9.17, 15) is 0 Å². The second-order valence-corrected chi connectivity index (χ2v) is 4.29. The van der Waals surface area contributed by atoms with E-state index in [2.05, 4.69) is 43.2 Å². The van der Waals surface area contributed by atoms with Gasteiger partial charge in [-0.3, -0.25) is 0 Å². The van der Waals surface area contributed by atoms with Gasteiger partial charge in [-0.15, -0.1) is 10.2 Å². The Morgan fingerprint density at radius 1 is 1.13 bits per heavy atom. The SMILES string of the molecule is CCNC(C)c1nnc(C(C)C(C)C)o1. The van der Waals surface area contributed by atoms with Crippen molar-refractivity contribution in [2.75, 3.05) is 6.54 Å². The molecule has 0 aliphatic carbocycles. The molecule has 1 N–H and O–H groups in total. The lowest BCUT2D eigenvalue weighted by molar-refractivity contribution is 0.355. The van der Waals surface area contributed by atoms with E-state index < -0.39 is 0 Å². The van der Waals surface area contributed by atoms with Crippen LogP contribution < -0.4 is 5.32 Å². The second kappa shape index (κ2) is 5.26. The third kappa shape index (κ3) is 3.02. The van der Waals surface area contributed by atoms with Gasteiger partial charge in [-0.25, -0.2) is 0 Å². The molecule has 15 heavy (non-hydrogen) atoms. The third-order valence-electron chi connectivity index (χ3n) is 2.73. The van der Waals surface area contributed by atoms with Gasteiger partial charge >= 0.3 is 0 Å². The Hall–Kier alpha value is -0.900. The molecule has 2 unspecified atom stereocenters. The van der Waals surface area contributed by atoms with Crippen molar-refractivity contribution >= 4 is 0 Å². The number of nitrogens with one attached hydrogen (secondary N) is 1. The number of hydrogen-bond donors (Lipinski definition) is 1. The zero-order chi connectivity index (χ0) is 11.4. The highest BCUT2D eigenvalue weighted by Crippen LogP contribution is 2.23. The average Bonchev–Trinajstić information content (AvgIpc) is 2.65. The van der Waals surface area contributed by atoms with E-state index in [0.29, 0.717) is 17.7 Å². The van der Waals surface area contributed by atoms with Crippen LogP contribution in [0, 0.1) is 5.92 Å². The van der Waals surface area contributed by atoms with Crippen LogP contribution in [0.1, 0.15) is 58.4 Å². The van der Waals surface area contributed by atoms with Crippen molar-refractivity contribution in [3.8, 4) is 0 Å². The topological polar surface area (TPSA) is 51.0 Å². The summed E-state index contributed by atoms with van der Waals surface area (Å²) in [6.07, 6.45) is 0. The maximum atomic E-state index is 5.64. The van der Waals surface area contributed by atoms with Crippen molar-refractivity contribution in [3.05, 3.63) is 11.8 Å². The molecule has 0 aliphatic heterocycles. The minimum Gasteiger partial charge on any atom is -0.423 e. The van der Waals surface area contributed by atoms with Gasteiger partial charge in [0.15, 0.2) is 0 Å². The van der Waals surface area contributed by atoms with Crippen LogP contribution in [0.5, 0.6) is 0 Å². The first-order chi connectivity index (χ1) is 7.06. The smallest absolute Gasteiger partial charge is 0.233 e. The molecule has 0 spiro atoms. The molecule has 0 fully saturated rings. The first-order valence-corrected chi connectivity index (χ1v) is 5.62. The zero-order valence-electron chi connectivity index (χ0n) is 10.2. The molecule has 1 rings (SSSR count). The van der Waals surface area contributed by atoms with Crippen molar-refractivity contribution < 1.29 is 4.42 Å². The van der Waals surface area contributed by atoms with E-state index in [1.165, 1.54) is 0 Å². The Morgan fingerprint density at radius 3 is 2.27 bits per heavy atom. The van der Waals surface area contributed by atoms with Crippen molar-refractivity contribution in [1.82, 2.24) is 15.5 Å². The molecule has 1 aromatic heterocycles. The van der Waals surface area contributed by atoms with Crippen LogP contribution in [0.15, 0.2) is 4.42 Å². The molecule has 0 saturated carbocycles. The summed E-state index contributed by atoms with van der Waals surface area (Å²) in [7, 11) is 0. The highest BCUT2D eigenvalue weighted by Gasteiger charge is 2.19. The lowest BCUT2D eigenvalue weighted by Gasteiger charge is -2.10. The molecule has 0 aliphatic rings. The van der Waals surface area contributed by atoms with E-state index in [1.54, 1.807) is 0 Å². The maximum absolute atomic E-state index is 5.64. The van der Waals surface area contributed by atoms with Gasteiger partial charge in [0.2, 0.25) is 11.8 Å². The highest BCUT2D eigenvalue weighted by atomic mass is 16.4. The number of rotatable bonds is 5. The average molecular weight is 211 g/mol. The maximum Gasteiger partial charge on any atom is 0.233 e. The fourth-order valence-corrected chi connectivity index (χ4v) is 1.28. The van der Waals surface area contributed by atoms with Gasteiger partial charge in [0.1, 0.15) is 0 Å². The molecular weight excluding hydrogens is 190 g/mol. The molecule has 86 valence electrons. The second-order valence-electron chi connectivity index (χ2n) is 4.29. The zero-order valence-corrected chi connectivity index (χ0v) is 10.2. The van der Waals surface area contributed by atoms with Crippen LogP contribution in [0.25, 0.3) is 0 Å².